The summed E-state index contributed by atoms with van der Waals surface area (Å²) >= 11 is 19.3. The summed E-state index contributed by atoms with van der Waals surface area (Å²) in [5.41, 5.74) is 1.47. The molecule has 0 spiro atoms. The molecule has 8 heteroatoms. The molecule has 1 fully saturated rings. The molecule has 1 amide bonds. The van der Waals surface area contributed by atoms with Crippen molar-refractivity contribution in [2.45, 2.75) is 20.5 Å². The average Bonchev–Trinajstić information content (AvgIpc) is 2.89. The molecule has 0 unspecified atom stereocenters. The van der Waals surface area contributed by atoms with Crippen LogP contribution < -0.4 is 4.74 Å². The van der Waals surface area contributed by atoms with Crippen LogP contribution in [0, 0.1) is 11.7 Å². The number of benzene rings is 2. The molecule has 1 heterocycles. The van der Waals surface area contributed by atoms with E-state index in [1.54, 1.807) is 35.2 Å². The van der Waals surface area contributed by atoms with Crippen LogP contribution in [0.5, 0.6) is 5.75 Å². The van der Waals surface area contributed by atoms with Crippen LogP contribution in [0.2, 0.25) is 10.0 Å². The van der Waals surface area contributed by atoms with E-state index in [0.717, 1.165) is 5.56 Å². The predicted molar refractivity (Wildman–Crippen MR) is 122 cm³/mol. The lowest BCUT2D eigenvalue weighted by atomic mass is 10.2. The normalized spacial score (nSPS) is 15.7. The molecule has 0 aromatic heterocycles. The first-order valence-electron chi connectivity index (χ1n) is 8.86. The Balaban J connectivity index is 1.77. The van der Waals surface area contributed by atoms with Gasteiger partial charge in [0.25, 0.3) is 5.91 Å². The molecule has 2 aromatic carbocycles. The molecule has 0 aliphatic carbocycles. The van der Waals surface area contributed by atoms with E-state index in [1.807, 2.05) is 13.8 Å². The van der Waals surface area contributed by atoms with Crippen LogP contribution >= 0.6 is 47.2 Å². The fraction of sp³-hybridized carbons (Fsp3) is 0.238. The van der Waals surface area contributed by atoms with Crippen LogP contribution in [-0.2, 0) is 11.4 Å². The highest BCUT2D eigenvalue weighted by Gasteiger charge is 2.32. The Morgan fingerprint density at radius 2 is 1.83 bits per heavy atom. The van der Waals surface area contributed by atoms with Crippen molar-refractivity contribution in [2.75, 3.05) is 6.54 Å². The third kappa shape index (κ3) is 5.51. The molecule has 0 atom stereocenters. The van der Waals surface area contributed by atoms with Crippen molar-refractivity contribution in [3.05, 3.63) is 68.3 Å². The number of carbonyl (C=O) groups excluding carboxylic acids is 1. The van der Waals surface area contributed by atoms with Gasteiger partial charge in [-0.3, -0.25) is 9.69 Å². The summed E-state index contributed by atoms with van der Waals surface area (Å²) in [5.74, 6) is 0.228. The van der Waals surface area contributed by atoms with E-state index in [0.29, 0.717) is 43.0 Å². The summed E-state index contributed by atoms with van der Waals surface area (Å²) in [4.78, 5) is 14.7. The molecule has 0 radical (unpaired) electrons. The second-order valence-electron chi connectivity index (χ2n) is 6.91. The maximum Gasteiger partial charge on any atom is 0.266 e. The first-order valence-corrected chi connectivity index (χ1v) is 10.8. The summed E-state index contributed by atoms with van der Waals surface area (Å²) in [6.45, 7) is 4.85. The van der Waals surface area contributed by atoms with Crippen molar-refractivity contribution in [1.29, 1.82) is 0 Å². The smallest absolute Gasteiger partial charge is 0.266 e. The number of rotatable bonds is 6. The number of halogens is 3. The monoisotopic (exact) mass is 469 g/mol. The van der Waals surface area contributed by atoms with Gasteiger partial charge in [0, 0.05) is 6.54 Å². The molecule has 0 N–H and O–H groups in total. The minimum atomic E-state index is -0.312. The second-order valence-corrected chi connectivity index (χ2v) is 9.41. The number of amides is 1. The Morgan fingerprint density at radius 3 is 2.41 bits per heavy atom. The molecule has 1 aliphatic heterocycles. The zero-order valence-electron chi connectivity index (χ0n) is 15.7. The quantitative estimate of drug-likeness (QED) is 0.353. The number of ether oxygens (including phenoxy) is 1. The molecule has 29 heavy (non-hydrogen) atoms. The summed E-state index contributed by atoms with van der Waals surface area (Å²) in [6, 6.07) is 9.35. The number of thioether (sulfide) groups is 1. The third-order valence-electron chi connectivity index (χ3n) is 4.04. The first-order chi connectivity index (χ1) is 13.7. The van der Waals surface area contributed by atoms with E-state index in [1.165, 1.54) is 23.9 Å². The van der Waals surface area contributed by atoms with Gasteiger partial charge in [0.15, 0.2) is 5.75 Å². The van der Waals surface area contributed by atoms with Crippen LogP contribution in [0.15, 0.2) is 41.3 Å². The van der Waals surface area contributed by atoms with Crippen LogP contribution in [-0.4, -0.2) is 21.7 Å². The molecule has 0 saturated carbocycles. The molecule has 3 nitrogen and oxygen atoms in total. The van der Waals surface area contributed by atoms with E-state index >= 15 is 0 Å². The molecule has 1 saturated heterocycles. The van der Waals surface area contributed by atoms with Crippen molar-refractivity contribution < 1.29 is 13.9 Å². The van der Waals surface area contributed by atoms with Crippen molar-refractivity contribution in [1.82, 2.24) is 4.90 Å². The minimum absolute atomic E-state index is 0.113. The van der Waals surface area contributed by atoms with Gasteiger partial charge in [-0.05, 0) is 47.4 Å². The third-order valence-corrected chi connectivity index (χ3v) is 5.98. The van der Waals surface area contributed by atoms with E-state index < -0.39 is 0 Å². The van der Waals surface area contributed by atoms with Gasteiger partial charge >= 0.3 is 0 Å². The van der Waals surface area contributed by atoms with E-state index in [4.69, 9.17) is 40.2 Å². The molecule has 1 aliphatic rings. The maximum absolute atomic E-state index is 13.0. The van der Waals surface area contributed by atoms with Gasteiger partial charge in [-0.1, -0.05) is 73.2 Å². The van der Waals surface area contributed by atoms with Crippen molar-refractivity contribution in [3.63, 3.8) is 0 Å². The molecular weight excluding hydrogens is 452 g/mol. The van der Waals surface area contributed by atoms with Gasteiger partial charge < -0.3 is 4.74 Å². The zero-order valence-corrected chi connectivity index (χ0v) is 18.9. The largest absolute Gasteiger partial charge is 0.486 e. The van der Waals surface area contributed by atoms with Gasteiger partial charge in [0.1, 0.15) is 16.7 Å². The number of carbonyl (C=O) groups is 1. The summed E-state index contributed by atoms with van der Waals surface area (Å²) in [6.07, 6.45) is 1.72. The summed E-state index contributed by atoms with van der Waals surface area (Å²) < 4.78 is 19.3. The van der Waals surface area contributed by atoms with Crippen molar-refractivity contribution in [2.24, 2.45) is 5.92 Å². The SMILES string of the molecule is CC(C)CN1C(=O)/C(=C/c2cc(Cl)c(OCc3ccc(F)cc3)c(Cl)c2)SC1=S. The van der Waals surface area contributed by atoms with Crippen molar-refractivity contribution in [3.8, 4) is 5.75 Å². The molecule has 3 rings (SSSR count). The Hall–Kier alpha value is -1.60. The lowest BCUT2D eigenvalue weighted by molar-refractivity contribution is -0.122. The van der Waals surface area contributed by atoms with Crippen LogP contribution in [0.25, 0.3) is 6.08 Å². The predicted octanol–water partition coefficient (Wildman–Crippen LogP) is 6.57. The van der Waals surface area contributed by atoms with E-state index in [2.05, 4.69) is 0 Å². The number of thiocarbonyl (C=S) groups is 1. The Labute approximate surface area is 188 Å². The molecule has 2 aromatic rings. The number of hydrogen-bond donors (Lipinski definition) is 0. The topological polar surface area (TPSA) is 29.5 Å². The maximum atomic E-state index is 13.0. The summed E-state index contributed by atoms with van der Waals surface area (Å²) in [5, 5.41) is 0.645. The fourth-order valence-electron chi connectivity index (χ4n) is 2.71. The minimum Gasteiger partial charge on any atom is -0.486 e. The summed E-state index contributed by atoms with van der Waals surface area (Å²) in [7, 11) is 0. The average molecular weight is 470 g/mol. The lowest BCUT2D eigenvalue weighted by Crippen LogP contribution is -2.31. The van der Waals surface area contributed by atoms with Gasteiger partial charge in [0.2, 0.25) is 0 Å². The highest BCUT2D eigenvalue weighted by Crippen LogP contribution is 2.38. The van der Waals surface area contributed by atoms with Crippen LogP contribution in [0.1, 0.15) is 25.0 Å². The van der Waals surface area contributed by atoms with Gasteiger partial charge in [-0.25, -0.2) is 4.39 Å². The van der Waals surface area contributed by atoms with Gasteiger partial charge in [-0.2, -0.15) is 0 Å². The molecular formula is C21H18Cl2FNO2S2. The van der Waals surface area contributed by atoms with E-state index in [9.17, 15) is 9.18 Å². The second kappa shape index (κ2) is 9.47. The standard InChI is InChI=1S/C21H18Cl2FNO2S2/c1-12(2)10-25-20(26)18(29-21(25)28)9-14-7-16(22)19(17(23)8-14)27-11-13-3-5-15(24)6-4-13/h3-9,12H,10-11H2,1-2H3/b18-9-. The zero-order chi connectivity index (χ0) is 21.1. The van der Waals surface area contributed by atoms with E-state index in [-0.39, 0.29) is 18.3 Å². The Morgan fingerprint density at radius 1 is 1.21 bits per heavy atom. The fourth-order valence-corrected chi connectivity index (χ4v) is 4.60. The Kier molecular flexibility index (Phi) is 7.22. The number of hydrogen-bond acceptors (Lipinski definition) is 4. The van der Waals surface area contributed by atoms with Gasteiger partial charge in [0.05, 0.1) is 15.0 Å². The molecule has 152 valence electrons. The highest BCUT2D eigenvalue weighted by molar-refractivity contribution is 8.26. The molecule has 0 bridgehead atoms. The van der Waals surface area contributed by atoms with Crippen LogP contribution in [0.4, 0.5) is 4.39 Å². The number of nitrogens with zero attached hydrogens (tertiary/aromatic N) is 1. The van der Waals surface area contributed by atoms with Gasteiger partial charge in [-0.15, -0.1) is 0 Å². The Bertz CT molecular complexity index is 954. The van der Waals surface area contributed by atoms with Crippen molar-refractivity contribution >= 4 is 63.5 Å². The first kappa shape index (κ1) is 22.1. The van der Waals surface area contributed by atoms with Crippen LogP contribution in [0.3, 0.4) is 0 Å². The highest BCUT2D eigenvalue weighted by atomic mass is 35.5. The lowest BCUT2D eigenvalue weighted by Gasteiger charge is -2.16.